The van der Waals surface area contributed by atoms with E-state index in [9.17, 15) is 21.6 Å². The Balaban J connectivity index is 1.78. The van der Waals surface area contributed by atoms with Gasteiger partial charge in [-0.3, -0.25) is 9.52 Å². The first-order valence-electron chi connectivity index (χ1n) is 11.2. The van der Waals surface area contributed by atoms with E-state index in [1.807, 2.05) is 19.9 Å². The van der Waals surface area contributed by atoms with E-state index >= 15 is 0 Å². The number of aryl methyl sites for hydroxylation is 3. The Morgan fingerprint density at radius 3 is 2.03 bits per heavy atom. The van der Waals surface area contributed by atoms with Crippen molar-refractivity contribution in [1.29, 1.82) is 0 Å². The van der Waals surface area contributed by atoms with Gasteiger partial charge < -0.3 is 5.32 Å². The van der Waals surface area contributed by atoms with Crippen molar-refractivity contribution in [3.8, 4) is 0 Å². The largest absolute Gasteiger partial charge is 0.325 e. The molecule has 0 aromatic heterocycles. The number of sulfonamides is 1. The third kappa shape index (κ3) is 6.80. The molecule has 0 heterocycles. The molecule has 3 aromatic carbocycles. The highest BCUT2D eigenvalue weighted by atomic mass is 35.5. The second-order valence-electron chi connectivity index (χ2n) is 8.73. The fourth-order valence-electron chi connectivity index (χ4n) is 3.40. The van der Waals surface area contributed by atoms with Crippen LogP contribution < -0.4 is 14.3 Å². The van der Waals surface area contributed by atoms with E-state index in [4.69, 9.17) is 11.6 Å². The maximum absolute atomic E-state index is 13.0. The topological polar surface area (TPSA) is 116 Å². The van der Waals surface area contributed by atoms with E-state index < -0.39 is 32.7 Å². The number of carbonyl (C=O) groups is 1. The first-order chi connectivity index (χ1) is 17.2. The molecule has 0 saturated heterocycles. The van der Waals surface area contributed by atoms with Gasteiger partial charge in [0.1, 0.15) is 6.54 Å². The second kappa shape index (κ2) is 11.1. The lowest BCUT2D eigenvalue weighted by Crippen LogP contribution is -2.44. The van der Waals surface area contributed by atoms with E-state index in [1.165, 1.54) is 44.4 Å². The van der Waals surface area contributed by atoms with Gasteiger partial charge >= 0.3 is 10.2 Å². The standard InChI is InChI=1S/C25H29ClN4O5S2/c1-17-6-7-19(3)24(14-17)30(37(34,35)29(4)5)16-25(31)27-20-10-12-22(13-11-20)36(32,33)28-21-9-8-18(2)23(26)15-21/h6-15,28H,16H2,1-5H3,(H,27,31). The molecule has 0 aliphatic rings. The molecule has 0 aliphatic carbocycles. The van der Waals surface area contributed by atoms with Crippen LogP contribution in [-0.2, 0) is 25.0 Å². The summed E-state index contributed by atoms with van der Waals surface area (Å²) in [4.78, 5) is 12.8. The van der Waals surface area contributed by atoms with Crippen LogP contribution in [0.5, 0.6) is 0 Å². The summed E-state index contributed by atoms with van der Waals surface area (Å²) in [7, 11) is -5.08. The SMILES string of the molecule is Cc1ccc(C)c(N(CC(=O)Nc2ccc(S(=O)(=O)Nc3ccc(C)c(Cl)c3)cc2)S(=O)(=O)N(C)C)c1. The van der Waals surface area contributed by atoms with Crippen LogP contribution in [0.4, 0.5) is 17.1 Å². The van der Waals surface area contributed by atoms with E-state index in [1.54, 1.807) is 31.2 Å². The summed E-state index contributed by atoms with van der Waals surface area (Å²) < 4.78 is 56.1. The first-order valence-corrected chi connectivity index (χ1v) is 14.4. The summed E-state index contributed by atoms with van der Waals surface area (Å²) in [6, 6.07) is 15.7. The quantitative estimate of drug-likeness (QED) is 0.401. The molecule has 0 aliphatic heterocycles. The minimum absolute atomic E-state index is 0.0191. The van der Waals surface area contributed by atoms with Crippen LogP contribution >= 0.6 is 11.6 Å². The lowest BCUT2D eigenvalue weighted by Gasteiger charge is -2.28. The van der Waals surface area contributed by atoms with Crippen LogP contribution in [0.3, 0.4) is 0 Å². The van der Waals surface area contributed by atoms with E-state index in [0.717, 1.165) is 19.7 Å². The normalized spacial score (nSPS) is 11.9. The van der Waals surface area contributed by atoms with Gasteiger partial charge in [0, 0.05) is 24.8 Å². The number of nitrogens with zero attached hydrogens (tertiary/aromatic N) is 2. The Kier molecular flexibility index (Phi) is 8.53. The molecule has 198 valence electrons. The fraction of sp³-hybridized carbons (Fsp3) is 0.240. The predicted molar refractivity (Wildman–Crippen MR) is 148 cm³/mol. The number of rotatable bonds is 9. The number of amides is 1. The molecule has 0 fully saturated rings. The average Bonchev–Trinajstić information content (AvgIpc) is 2.81. The smallest absolute Gasteiger partial charge is 0.304 e. The molecule has 1 amide bonds. The number of benzene rings is 3. The second-order valence-corrected chi connectivity index (χ2v) is 12.9. The molecule has 0 bridgehead atoms. The molecule has 9 nitrogen and oxygen atoms in total. The molecule has 0 saturated carbocycles. The minimum Gasteiger partial charge on any atom is -0.325 e. The van der Waals surface area contributed by atoms with Crippen molar-refractivity contribution in [2.24, 2.45) is 0 Å². The number of carbonyl (C=O) groups excluding carboxylic acids is 1. The number of halogens is 1. The van der Waals surface area contributed by atoms with Gasteiger partial charge in [-0.05, 0) is 79.9 Å². The van der Waals surface area contributed by atoms with Crippen molar-refractivity contribution in [3.63, 3.8) is 0 Å². The van der Waals surface area contributed by atoms with Gasteiger partial charge in [0.05, 0.1) is 16.3 Å². The number of hydrogen-bond acceptors (Lipinski definition) is 5. The van der Waals surface area contributed by atoms with Crippen molar-refractivity contribution in [2.45, 2.75) is 25.7 Å². The highest BCUT2D eigenvalue weighted by Crippen LogP contribution is 2.26. The molecule has 3 aromatic rings. The number of hydrogen-bond donors (Lipinski definition) is 2. The molecule has 3 rings (SSSR count). The van der Waals surface area contributed by atoms with E-state index in [2.05, 4.69) is 10.0 Å². The van der Waals surface area contributed by atoms with Crippen LogP contribution in [0.2, 0.25) is 5.02 Å². The molecule has 0 atom stereocenters. The fourth-order valence-corrected chi connectivity index (χ4v) is 5.75. The monoisotopic (exact) mass is 564 g/mol. The van der Waals surface area contributed by atoms with Gasteiger partial charge in [-0.25, -0.2) is 12.7 Å². The predicted octanol–water partition coefficient (Wildman–Crippen LogP) is 4.32. The zero-order valence-corrected chi connectivity index (χ0v) is 23.5. The zero-order valence-electron chi connectivity index (χ0n) is 21.1. The van der Waals surface area contributed by atoms with Crippen LogP contribution in [0, 0.1) is 20.8 Å². The van der Waals surface area contributed by atoms with Gasteiger partial charge in [-0.15, -0.1) is 0 Å². The lowest BCUT2D eigenvalue weighted by atomic mass is 10.1. The maximum Gasteiger partial charge on any atom is 0.304 e. The Morgan fingerprint density at radius 1 is 0.838 bits per heavy atom. The van der Waals surface area contributed by atoms with Gasteiger partial charge in [0.25, 0.3) is 10.0 Å². The Hall–Kier alpha value is -3.12. The van der Waals surface area contributed by atoms with Crippen molar-refractivity contribution in [2.75, 3.05) is 35.0 Å². The molecule has 2 N–H and O–H groups in total. The third-order valence-electron chi connectivity index (χ3n) is 5.53. The lowest BCUT2D eigenvalue weighted by molar-refractivity contribution is -0.114. The van der Waals surface area contributed by atoms with Crippen LogP contribution in [0.25, 0.3) is 0 Å². The van der Waals surface area contributed by atoms with Gasteiger partial charge in [-0.2, -0.15) is 12.7 Å². The van der Waals surface area contributed by atoms with Gasteiger partial charge in [-0.1, -0.05) is 29.8 Å². The summed E-state index contributed by atoms with van der Waals surface area (Å²) in [5.41, 5.74) is 3.39. The average molecular weight is 565 g/mol. The number of nitrogens with one attached hydrogen (secondary N) is 2. The highest BCUT2D eigenvalue weighted by molar-refractivity contribution is 7.92. The summed E-state index contributed by atoms with van der Waals surface area (Å²) in [5.74, 6) is -0.589. The molecular weight excluding hydrogens is 536 g/mol. The molecule has 0 unspecified atom stereocenters. The van der Waals surface area contributed by atoms with Gasteiger partial charge in [0.2, 0.25) is 5.91 Å². The summed E-state index contributed by atoms with van der Waals surface area (Å²) in [5, 5.41) is 3.07. The molecule has 12 heteroatoms. The van der Waals surface area contributed by atoms with Crippen LogP contribution in [0.1, 0.15) is 16.7 Å². The Bertz CT molecular complexity index is 1520. The molecule has 0 radical (unpaired) electrons. The maximum atomic E-state index is 13.0. The van der Waals surface area contributed by atoms with E-state index in [-0.39, 0.29) is 4.90 Å². The third-order valence-corrected chi connectivity index (χ3v) is 9.14. The summed E-state index contributed by atoms with van der Waals surface area (Å²) in [6.07, 6.45) is 0. The van der Waals surface area contributed by atoms with Crippen molar-refractivity contribution in [1.82, 2.24) is 4.31 Å². The minimum atomic E-state index is -3.97. The molecule has 37 heavy (non-hydrogen) atoms. The summed E-state index contributed by atoms with van der Waals surface area (Å²) >= 11 is 6.08. The Labute approximate surface area is 223 Å². The van der Waals surface area contributed by atoms with Crippen LogP contribution in [-0.4, -0.2) is 47.7 Å². The van der Waals surface area contributed by atoms with Crippen molar-refractivity contribution < 1.29 is 21.6 Å². The first kappa shape index (κ1) is 28.5. The van der Waals surface area contributed by atoms with Crippen molar-refractivity contribution >= 4 is 54.8 Å². The van der Waals surface area contributed by atoms with Gasteiger partial charge in [0.15, 0.2) is 0 Å². The molecular formula is C25H29ClN4O5S2. The van der Waals surface area contributed by atoms with Crippen LogP contribution in [0.15, 0.2) is 65.6 Å². The van der Waals surface area contributed by atoms with E-state index in [0.29, 0.717) is 27.6 Å². The number of anilines is 3. The zero-order chi connectivity index (χ0) is 27.5. The Morgan fingerprint density at radius 2 is 1.43 bits per heavy atom. The van der Waals surface area contributed by atoms with Crippen molar-refractivity contribution in [3.05, 3.63) is 82.4 Å². The highest BCUT2D eigenvalue weighted by Gasteiger charge is 2.28. The molecule has 0 spiro atoms. The summed E-state index contributed by atoms with van der Waals surface area (Å²) in [6.45, 7) is 4.94.